The van der Waals surface area contributed by atoms with Gasteiger partial charge in [0.05, 0.1) is 19.2 Å². The molecule has 0 spiro atoms. The average Bonchev–Trinajstić information content (AvgIpc) is 3.37. The third-order valence-electron chi connectivity index (χ3n) is 8.65. The summed E-state index contributed by atoms with van der Waals surface area (Å²) in [5, 5.41) is 6.08. The molecule has 0 radical (unpaired) electrons. The molecule has 2 aliphatic rings. The van der Waals surface area contributed by atoms with Gasteiger partial charge in [0.1, 0.15) is 17.4 Å². The minimum Gasteiger partial charge on any atom is -0.494 e. The van der Waals surface area contributed by atoms with Crippen LogP contribution in [0, 0.1) is 11.8 Å². The molecule has 45 heavy (non-hydrogen) atoms. The van der Waals surface area contributed by atoms with Gasteiger partial charge < -0.3 is 19.8 Å². The van der Waals surface area contributed by atoms with Gasteiger partial charge in [0.15, 0.2) is 16.6 Å². The number of pyridine rings is 1. The molecule has 2 aromatic heterocycles. The quantitative estimate of drug-likeness (QED) is 0.313. The summed E-state index contributed by atoms with van der Waals surface area (Å²) >= 11 is 0. The van der Waals surface area contributed by atoms with Crippen LogP contribution in [-0.2, 0) is 19.6 Å². The van der Waals surface area contributed by atoms with Crippen LogP contribution >= 0.6 is 0 Å². The van der Waals surface area contributed by atoms with Crippen molar-refractivity contribution in [2.24, 2.45) is 11.8 Å². The van der Waals surface area contributed by atoms with Crippen LogP contribution in [0.3, 0.4) is 0 Å². The lowest BCUT2D eigenvalue weighted by Gasteiger charge is -2.24. The van der Waals surface area contributed by atoms with E-state index in [4.69, 9.17) is 9.15 Å². The summed E-state index contributed by atoms with van der Waals surface area (Å²) in [5.74, 6) is -0.315. The third kappa shape index (κ3) is 8.09. The van der Waals surface area contributed by atoms with Crippen LogP contribution in [0.2, 0.25) is 0 Å². The molecule has 2 N–H and O–H groups in total. The zero-order valence-corrected chi connectivity index (χ0v) is 26.7. The lowest BCUT2D eigenvalue weighted by atomic mass is 9.87. The monoisotopic (exact) mass is 638 g/mol. The number of rotatable bonds is 11. The van der Waals surface area contributed by atoms with E-state index in [1.165, 1.54) is 44.4 Å². The number of Topliss-reactive ketones (excluding diaryl/α,β-unsaturated/α-hetero) is 1. The molecule has 2 fully saturated rings. The first kappa shape index (κ1) is 32.6. The summed E-state index contributed by atoms with van der Waals surface area (Å²) in [6, 6.07) is 9.79. The number of nitrogens with one attached hydrogen (secondary N) is 2. The molecule has 0 bridgehead atoms. The van der Waals surface area contributed by atoms with Crippen molar-refractivity contribution in [3.63, 3.8) is 0 Å². The first-order valence-corrected chi connectivity index (χ1v) is 17.3. The fraction of sp³-hybridized carbons (Fsp3) is 0.515. The second-order valence-corrected chi connectivity index (χ2v) is 14.2. The van der Waals surface area contributed by atoms with E-state index in [0.29, 0.717) is 24.4 Å². The third-order valence-corrected chi connectivity index (χ3v) is 10.4. The van der Waals surface area contributed by atoms with E-state index in [-0.39, 0.29) is 36.2 Å². The normalized spacial score (nSPS) is 19.3. The van der Waals surface area contributed by atoms with Gasteiger partial charge in [0, 0.05) is 18.1 Å². The van der Waals surface area contributed by atoms with Crippen molar-refractivity contribution in [3.05, 3.63) is 54.4 Å². The predicted octanol–water partition coefficient (Wildman–Crippen LogP) is 4.47. The molecule has 1 saturated heterocycles. The lowest BCUT2D eigenvalue weighted by molar-refractivity contribution is -0.129. The molecular weight excluding hydrogens is 596 g/mol. The van der Waals surface area contributed by atoms with E-state index in [2.05, 4.69) is 15.6 Å². The molecular formula is C33H42N4O7S. The van der Waals surface area contributed by atoms with Crippen molar-refractivity contribution >= 4 is 38.6 Å². The van der Waals surface area contributed by atoms with E-state index >= 15 is 0 Å². The van der Waals surface area contributed by atoms with E-state index < -0.39 is 39.7 Å². The second kappa shape index (κ2) is 14.6. The number of carbonyl (C=O) groups excluding carboxylic acids is 3. The van der Waals surface area contributed by atoms with Crippen LogP contribution in [0.25, 0.3) is 11.0 Å². The molecule has 1 aromatic carbocycles. The zero-order valence-electron chi connectivity index (χ0n) is 25.9. The highest BCUT2D eigenvalue weighted by molar-refractivity contribution is 7.89. The predicted molar refractivity (Wildman–Crippen MR) is 168 cm³/mol. The van der Waals surface area contributed by atoms with E-state index in [1.807, 2.05) is 12.1 Å². The number of carbonyl (C=O) groups is 3. The van der Waals surface area contributed by atoms with Crippen LogP contribution in [0.1, 0.15) is 75.8 Å². The summed E-state index contributed by atoms with van der Waals surface area (Å²) in [7, 11) is -3.96. The molecule has 3 heterocycles. The van der Waals surface area contributed by atoms with Gasteiger partial charge in [0.25, 0.3) is 15.9 Å². The Morgan fingerprint density at radius 1 is 1.07 bits per heavy atom. The number of benzene rings is 1. The first-order chi connectivity index (χ1) is 21.6. The Kier molecular flexibility index (Phi) is 10.5. The highest BCUT2D eigenvalue weighted by atomic mass is 32.2. The average molecular weight is 639 g/mol. The number of furan rings is 1. The van der Waals surface area contributed by atoms with Gasteiger partial charge in [-0.05, 0) is 67.5 Å². The Morgan fingerprint density at radius 3 is 2.60 bits per heavy atom. The van der Waals surface area contributed by atoms with Gasteiger partial charge in [-0.1, -0.05) is 52.0 Å². The SMILES string of the molecule is CC(C)C(NC(=O)c1cc2cc(OCCC3CCCCC3)ccc2o1)C(=O)NC1CCCN(S(=O)(=O)c2ccccn2)CC1=O. The van der Waals surface area contributed by atoms with E-state index in [9.17, 15) is 22.8 Å². The second-order valence-electron chi connectivity index (χ2n) is 12.3. The van der Waals surface area contributed by atoms with Crippen LogP contribution in [0.4, 0.5) is 0 Å². The molecule has 1 saturated carbocycles. The van der Waals surface area contributed by atoms with Crippen LogP contribution < -0.4 is 15.4 Å². The molecule has 2 atom stereocenters. The number of aromatic nitrogens is 1. The molecule has 12 heteroatoms. The van der Waals surface area contributed by atoms with Crippen molar-refractivity contribution in [3.8, 4) is 5.75 Å². The maximum Gasteiger partial charge on any atom is 0.287 e. The standard InChI is InChI=1S/C33H42N4O7S/c1-22(2)31(33(40)35-26-11-8-17-37(21-27(26)38)45(41,42)30-12-6-7-16-34-30)36-32(39)29-20-24-19-25(13-14-28(24)44-29)43-18-15-23-9-4-3-5-10-23/h6-7,12-14,16,19-20,22-23,26,31H,3-5,8-11,15,17-18,21H2,1-2H3,(H,35,40)(H,36,39). The lowest BCUT2D eigenvalue weighted by Crippen LogP contribution is -2.54. The Labute approximate surface area is 264 Å². The molecule has 5 rings (SSSR count). The van der Waals surface area contributed by atoms with E-state index in [1.54, 1.807) is 38.1 Å². The Hall–Kier alpha value is -3.77. The molecule has 11 nitrogen and oxygen atoms in total. The molecule has 3 aromatic rings. The number of ether oxygens (including phenoxy) is 1. The minimum atomic E-state index is -3.96. The van der Waals surface area contributed by atoms with Gasteiger partial charge in [0.2, 0.25) is 5.91 Å². The number of hydrogen-bond donors (Lipinski definition) is 2. The van der Waals surface area contributed by atoms with Crippen molar-refractivity contribution in [2.75, 3.05) is 19.7 Å². The fourth-order valence-electron chi connectivity index (χ4n) is 6.04. The van der Waals surface area contributed by atoms with Crippen molar-refractivity contribution in [1.29, 1.82) is 0 Å². The maximum atomic E-state index is 13.3. The van der Waals surface area contributed by atoms with Crippen molar-refractivity contribution < 1.29 is 32.0 Å². The molecule has 2 amide bonds. The van der Waals surface area contributed by atoms with Crippen LogP contribution in [-0.4, -0.2) is 67.1 Å². The fourth-order valence-corrected chi connectivity index (χ4v) is 7.41. The Balaban J connectivity index is 1.18. The van der Waals surface area contributed by atoms with Crippen LogP contribution in [0.5, 0.6) is 5.75 Å². The van der Waals surface area contributed by atoms with Gasteiger partial charge >= 0.3 is 0 Å². The van der Waals surface area contributed by atoms with Crippen LogP contribution in [0.15, 0.2) is 58.1 Å². The van der Waals surface area contributed by atoms with E-state index in [0.717, 1.165) is 22.0 Å². The number of amides is 2. The summed E-state index contributed by atoms with van der Waals surface area (Å²) in [6.07, 6.45) is 9.51. The molecule has 1 aliphatic carbocycles. The topological polar surface area (TPSA) is 148 Å². The number of nitrogens with zero attached hydrogens (tertiary/aromatic N) is 2. The number of hydrogen-bond acceptors (Lipinski definition) is 8. The summed E-state index contributed by atoms with van der Waals surface area (Å²) in [4.78, 5) is 43.6. The van der Waals surface area contributed by atoms with Crippen molar-refractivity contribution in [2.45, 2.75) is 82.3 Å². The summed E-state index contributed by atoms with van der Waals surface area (Å²) in [5.41, 5.74) is 0.527. The number of ketones is 1. The molecule has 242 valence electrons. The number of fused-ring (bicyclic) bond motifs is 1. The summed E-state index contributed by atoms with van der Waals surface area (Å²) < 4.78 is 38.9. The summed E-state index contributed by atoms with van der Waals surface area (Å²) in [6.45, 7) is 3.97. The smallest absolute Gasteiger partial charge is 0.287 e. The van der Waals surface area contributed by atoms with Gasteiger partial charge in [-0.15, -0.1) is 0 Å². The number of sulfonamides is 1. The minimum absolute atomic E-state index is 0.0590. The largest absolute Gasteiger partial charge is 0.494 e. The van der Waals surface area contributed by atoms with Gasteiger partial charge in [-0.3, -0.25) is 14.4 Å². The maximum absolute atomic E-state index is 13.3. The molecule has 1 aliphatic heterocycles. The highest BCUT2D eigenvalue weighted by Crippen LogP contribution is 2.28. The molecule has 2 unspecified atom stereocenters. The highest BCUT2D eigenvalue weighted by Gasteiger charge is 2.35. The van der Waals surface area contributed by atoms with Crippen molar-refractivity contribution in [1.82, 2.24) is 19.9 Å². The van der Waals surface area contributed by atoms with Gasteiger partial charge in [-0.2, -0.15) is 4.31 Å². The first-order valence-electron chi connectivity index (χ1n) is 15.8. The van der Waals surface area contributed by atoms with Gasteiger partial charge in [-0.25, -0.2) is 13.4 Å². The zero-order chi connectivity index (χ0) is 32.0. The Morgan fingerprint density at radius 2 is 1.87 bits per heavy atom. The Bertz CT molecular complexity index is 1600.